The zero-order valence-electron chi connectivity index (χ0n) is 4.56. The molecule has 1 atom stereocenters. The molecule has 9 heteroatoms. The molecule has 2 nitrogen and oxygen atoms in total. The van der Waals surface area contributed by atoms with Crippen LogP contribution in [-0.4, -0.2) is 20.2 Å². The largest absolute Gasteiger partial charge is 0.469 e. The van der Waals surface area contributed by atoms with Gasteiger partial charge in [0.05, 0.1) is 0 Å². The Kier molecular flexibility index (Phi) is 2.48. The molecule has 0 bridgehead atoms. The average molecular weight is 216 g/mol. The van der Waals surface area contributed by atoms with Gasteiger partial charge in [0.25, 0.3) is 0 Å². The third-order valence-electron chi connectivity index (χ3n) is 0.654. The Bertz CT molecular complexity index is 238. The lowest BCUT2D eigenvalue weighted by molar-refractivity contribution is -0.241. The Labute approximate surface area is 62.9 Å². The van der Waals surface area contributed by atoms with Crippen molar-refractivity contribution in [3.63, 3.8) is 0 Å². The van der Waals surface area contributed by atoms with Gasteiger partial charge in [-0.3, -0.25) is 0 Å². The lowest BCUT2D eigenvalue weighted by atomic mass is 10.7. The van der Waals surface area contributed by atoms with Crippen molar-refractivity contribution in [2.75, 3.05) is 0 Å². The third-order valence-corrected chi connectivity index (χ3v) is 2.16. The van der Waals surface area contributed by atoms with Crippen molar-refractivity contribution in [1.82, 2.24) is 0 Å². The van der Waals surface area contributed by atoms with Gasteiger partial charge in [-0.25, -0.2) is 4.21 Å². The van der Waals surface area contributed by atoms with Gasteiger partial charge < -0.3 is 4.55 Å². The summed E-state index contributed by atoms with van der Waals surface area (Å²) in [5.41, 5.74) is 0. The maximum atomic E-state index is 11.7. The van der Waals surface area contributed by atoms with E-state index in [-0.39, 0.29) is 0 Å². The Morgan fingerprint density at radius 3 is 1.45 bits per heavy atom. The highest BCUT2D eigenvalue weighted by molar-refractivity contribution is 8.30. The molecule has 0 heterocycles. The van der Waals surface area contributed by atoms with E-state index in [1.54, 1.807) is 0 Å². The van der Waals surface area contributed by atoms with Crippen LogP contribution in [0.5, 0.6) is 0 Å². The Morgan fingerprint density at radius 1 is 1.18 bits per heavy atom. The first-order valence-corrected chi connectivity index (χ1v) is 4.36. The van der Waals surface area contributed by atoms with E-state index in [9.17, 15) is 26.2 Å². The smallest absolute Gasteiger partial charge is 0.301 e. The molecule has 0 aliphatic carbocycles. The van der Waals surface area contributed by atoms with E-state index in [0.29, 0.717) is 0 Å². The van der Waals surface area contributed by atoms with E-state index in [0.717, 1.165) is 0 Å². The van der Waals surface area contributed by atoms with E-state index in [4.69, 9.17) is 4.55 Å². The predicted molar refractivity (Wildman–Crippen MR) is 29.1 cm³/mol. The molecule has 0 amide bonds. The van der Waals surface area contributed by atoms with Crippen LogP contribution >= 0.6 is 0 Å². The average Bonchev–Trinajstić information content (AvgIpc) is 1.58. The minimum Gasteiger partial charge on any atom is -0.301 e. The molecule has 0 aromatic heterocycles. The van der Waals surface area contributed by atoms with Crippen molar-refractivity contribution in [1.29, 1.82) is 0 Å². The van der Waals surface area contributed by atoms with Crippen LogP contribution in [0.4, 0.5) is 22.0 Å². The molecule has 0 aromatic rings. The standard InChI is InChI=1S/C2HF5O2S2/c3-1(4,5)2(6,7)11(8,9)10/h(H,8,9,10). The van der Waals surface area contributed by atoms with Crippen LogP contribution in [0.3, 0.4) is 0 Å². The van der Waals surface area contributed by atoms with Gasteiger partial charge in [0.2, 0.25) is 8.77 Å². The summed E-state index contributed by atoms with van der Waals surface area (Å²) in [6, 6.07) is 0. The van der Waals surface area contributed by atoms with Gasteiger partial charge >= 0.3 is 11.4 Å². The molecule has 0 saturated heterocycles. The van der Waals surface area contributed by atoms with Crippen molar-refractivity contribution in [3.05, 3.63) is 0 Å². The monoisotopic (exact) mass is 216 g/mol. The highest BCUT2D eigenvalue weighted by Crippen LogP contribution is 2.39. The maximum absolute atomic E-state index is 11.7. The van der Waals surface area contributed by atoms with Gasteiger partial charge in [0.1, 0.15) is 0 Å². The lowest BCUT2D eigenvalue weighted by Gasteiger charge is -2.17. The molecule has 1 N–H and O–H groups in total. The van der Waals surface area contributed by atoms with E-state index < -0.39 is 20.2 Å². The quantitative estimate of drug-likeness (QED) is 0.672. The number of alkyl halides is 5. The van der Waals surface area contributed by atoms with Crippen LogP contribution in [0.2, 0.25) is 0 Å². The number of rotatable bonds is 1. The van der Waals surface area contributed by atoms with Crippen molar-refractivity contribution >= 4 is 20.0 Å². The fourth-order valence-electron chi connectivity index (χ4n) is 0.146. The molecule has 0 spiro atoms. The molecular formula is C2HF5O2S2. The van der Waals surface area contributed by atoms with Crippen LogP contribution in [0.1, 0.15) is 0 Å². The van der Waals surface area contributed by atoms with Crippen LogP contribution in [0.25, 0.3) is 0 Å². The van der Waals surface area contributed by atoms with Crippen LogP contribution in [-0.2, 0) is 20.0 Å². The summed E-state index contributed by atoms with van der Waals surface area (Å²) in [6.45, 7) is 0. The van der Waals surface area contributed by atoms with E-state index in [2.05, 4.69) is 11.2 Å². The number of hydrogen-bond donors (Lipinski definition) is 1. The molecule has 68 valence electrons. The van der Waals surface area contributed by atoms with Crippen molar-refractivity contribution < 1.29 is 30.7 Å². The topological polar surface area (TPSA) is 37.3 Å². The second kappa shape index (κ2) is 2.49. The predicted octanol–water partition coefficient (Wildman–Crippen LogP) is 1.36. The first-order valence-electron chi connectivity index (χ1n) is 1.91. The molecular weight excluding hydrogens is 215 g/mol. The summed E-state index contributed by atoms with van der Waals surface area (Å²) in [7, 11) is -5.59. The van der Waals surface area contributed by atoms with E-state index in [1.165, 1.54) is 0 Å². The Morgan fingerprint density at radius 2 is 1.45 bits per heavy atom. The summed E-state index contributed by atoms with van der Waals surface area (Å²) in [5.74, 6) is 0. The normalized spacial score (nSPS) is 19.5. The molecule has 0 fully saturated rings. The van der Waals surface area contributed by atoms with Crippen LogP contribution in [0, 0.1) is 0 Å². The molecule has 0 aromatic carbocycles. The summed E-state index contributed by atoms with van der Waals surface area (Å²) >= 11 is 3.08. The first kappa shape index (κ1) is 11.0. The highest BCUT2D eigenvalue weighted by Gasteiger charge is 2.64. The highest BCUT2D eigenvalue weighted by atomic mass is 32.8. The molecule has 0 rings (SSSR count). The van der Waals surface area contributed by atoms with Gasteiger partial charge in [-0.2, -0.15) is 22.0 Å². The third kappa shape index (κ3) is 1.97. The zero-order valence-corrected chi connectivity index (χ0v) is 6.19. The summed E-state index contributed by atoms with van der Waals surface area (Å²) < 4.78 is 74.4. The number of halogens is 5. The molecule has 0 saturated carbocycles. The fraction of sp³-hybridized carbons (Fsp3) is 1.00. The molecule has 0 aliphatic rings. The summed E-state index contributed by atoms with van der Waals surface area (Å²) in [6.07, 6.45) is -6.08. The van der Waals surface area contributed by atoms with Gasteiger partial charge in [-0.1, -0.05) is 0 Å². The van der Waals surface area contributed by atoms with Crippen molar-refractivity contribution in [2.45, 2.75) is 11.4 Å². The van der Waals surface area contributed by atoms with Gasteiger partial charge in [-0.05, 0) is 0 Å². The fourth-order valence-corrected chi connectivity index (χ4v) is 0.722. The maximum Gasteiger partial charge on any atom is 0.469 e. The van der Waals surface area contributed by atoms with Gasteiger partial charge in [0, 0.05) is 11.2 Å². The van der Waals surface area contributed by atoms with Gasteiger partial charge in [-0.15, -0.1) is 0 Å². The number of hydrogen-bond acceptors (Lipinski definition) is 2. The van der Waals surface area contributed by atoms with Crippen LogP contribution in [0.15, 0.2) is 0 Å². The second-order valence-electron chi connectivity index (χ2n) is 1.49. The Balaban J connectivity index is 5.08. The van der Waals surface area contributed by atoms with Gasteiger partial charge in [0.15, 0.2) is 0 Å². The van der Waals surface area contributed by atoms with Crippen molar-refractivity contribution in [3.8, 4) is 0 Å². The molecule has 0 radical (unpaired) electrons. The minimum absolute atomic E-state index is 3.08. The lowest BCUT2D eigenvalue weighted by Crippen LogP contribution is -2.42. The molecule has 11 heavy (non-hydrogen) atoms. The first-order chi connectivity index (χ1) is 4.50. The molecule has 1 unspecified atom stereocenters. The summed E-state index contributed by atoms with van der Waals surface area (Å²) in [5, 5.41) is -5.73. The SMILES string of the molecule is O=S(O)(=S)C(F)(F)C(F)(F)F. The van der Waals surface area contributed by atoms with E-state index >= 15 is 0 Å². The van der Waals surface area contributed by atoms with Crippen molar-refractivity contribution in [2.24, 2.45) is 0 Å². The van der Waals surface area contributed by atoms with E-state index in [1.807, 2.05) is 0 Å². The minimum atomic E-state index is -6.08. The Hall–Kier alpha value is -0.0200. The second-order valence-corrected chi connectivity index (χ2v) is 4.31. The molecule has 0 aliphatic heterocycles. The zero-order chi connectivity index (χ0) is 9.50. The summed E-state index contributed by atoms with van der Waals surface area (Å²) in [4.78, 5) is 0. The van der Waals surface area contributed by atoms with Crippen LogP contribution < -0.4 is 0 Å².